The van der Waals surface area contributed by atoms with Crippen molar-refractivity contribution in [3.05, 3.63) is 69.3 Å². The molecule has 2 aliphatic heterocycles. The third-order valence-electron chi connectivity index (χ3n) is 5.77. The summed E-state index contributed by atoms with van der Waals surface area (Å²) in [5.74, 6) is 0.336. The number of carbonyl (C=O) groups excluding carboxylic acids is 1. The highest BCUT2D eigenvalue weighted by Gasteiger charge is 2.40. The Morgan fingerprint density at radius 3 is 2.55 bits per heavy atom. The van der Waals surface area contributed by atoms with E-state index in [-0.39, 0.29) is 42.3 Å². The molecular formula is C22H28Cl2N2O3. The van der Waals surface area contributed by atoms with E-state index in [0.29, 0.717) is 29.8 Å². The van der Waals surface area contributed by atoms with Gasteiger partial charge < -0.3 is 15.1 Å². The Morgan fingerprint density at radius 1 is 1.17 bits per heavy atom. The SMILES string of the molecule is Cc1cc(CCCc2ccccc2)oc(=O)c1C(=O)N[C@H]1C[C@H]2CC[C@@H]1N2.Cl.Cl. The fraction of sp³-hybridized carbons (Fsp3) is 0.455. The summed E-state index contributed by atoms with van der Waals surface area (Å²) in [5, 5.41) is 6.52. The number of benzene rings is 1. The standard InChI is InChI=1S/C22H26N2O3.2ClH/c1-14-12-17(9-5-8-15-6-3-2-4-7-15)27-22(26)20(14)21(25)24-19-13-16-10-11-18(19)23-16;;/h2-4,6-7,12,16,18-19,23H,5,8-11,13H2,1H3,(H,24,25);2*1H/t16-,18+,19+;;/m1../s1. The van der Waals surface area contributed by atoms with Crippen LogP contribution in [0.4, 0.5) is 0 Å². The van der Waals surface area contributed by atoms with E-state index in [1.54, 1.807) is 0 Å². The number of hydrogen-bond acceptors (Lipinski definition) is 4. The molecule has 3 atom stereocenters. The first-order valence-electron chi connectivity index (χ1n) is 9.84. The Hall–Kier alpha value is -1.82. The molecule has 3 heterocycles. The summed E-state index contributed by atoms with van der Waals surface area (Å²) in [6.45, 7) is 1.81. The maximum atomic E-state index is 12.6. The van der Waals surface area contributed by atoms with Crippen LogP contribution in [0.1, 0.15) is 52.9 Å². The molecule has 4 rings (SSSR count). The van der Waals surface area contributed by atoms with Crippen molar-refractivity contribution in [2.75, 3.05) is 0 Å². The lowest BCUT2D eigenvalue weighted by Crippen LogP contribution is -2.44. The van der Waals surface area contributed by atoms with Crippen LogP contribution < -0.4 is 16.3 Å². The van der Waals surface area contributed by atoms with E-state index in [4.69, 9.17) is 4.42 Å². The fourth-order valence-corrected chi connectivity index (χ4v) is 4.40. The van der Waals surface area contributed by atoms with Gasteiger partial charge in [-0.25, -0.2) is 4.79 Å². The van der Waals surface area contributed by atoms with Crippen LogP contribution in [-0.4, -0.2) is 24.0 Å². The average Bonchev–Trinajstić information content (AvgIpc) is 3.25. The number of nitrogens with one attached hydrogen (secondary N) is 2. The van der Waals surface area contributed by atoms with Gasteiger partial charge in [-0.05, 0) is 56.2 Å². The van der Waals surface area contributed by atoms with Crippen molar-refractivity contribution in [1.29, 1.82) is 0 Å². The van der Waals surface area contributed by atoms with Gasteiger partial charge in [0.15, 0.2) is 0 Å². The molecule has 5 nitrogen and oxygen atoms in total. The van der Waals surface area contributed by atoms with Gasteiger partial charge in [0.25, 0.3) is 5.91 Å². The summed E-state index contributed by atoms with van der Waals surface area (Å²) in [4.78, 5) is 25.1. The zero-order chi connectivity index (χ0) is 18.8. The zero-order valence-corrected chi connectivity index (χ0v) is 18.1. The van der Waals surface area contributed by atoms with Gasteiger partial charge in [-0.2, -0.15) is 0 Å². The molecule has 2 bridgehead atoms. The van der Waals surface area contributed by atoms with E-state index < -0.39 is 5.63 Å². The predicted molar refractivity (Wildman–Crippen MR) is 118 cm³/mol. The summed E-state index contributed by atoms with van der Waals surface area (Å²) in [5.41, 5.74) is 1.57. The first kappa shape index (κ1) is 23.5. The summed E-state index contributed by atoms with van der Waals surface area (Å²) in [6.07, 6.45) is 5.72. The molecule has 0 saturated carbocycles. The lowest BCUT2D eigenvalue weighted by molar-refractivity contribution is 0.0926. The Balaban J connectivity index is 0.00000150. The molecule has 0 radical (unpaired) electrons. The van der Waals surface area contributed by atoms with Crippen molar-refractivity contribution < 1.29 is 9.21 Å². The topological polar surface area (TPSA) is 71.3 Å². The second-order valence-corrected chi connectivity index (χ2v) is 7.76. The van der Waals surface area contributed by atoms with Gasteiger partial charge in [-0.3, -0.25) is 4.79 Å². The first-order valence-corrected chi connectivity index (χ1v) is 9.84. The quantitative estimate of drug-likeness (QED) is 0.722. The lowest BCUT2D eigenvalue weighted by Gasteiger charge is -2.21. The zero-order valence-electron chi connectivity index (χ0n) is 16.5. The van der Waals surface area contributed by atoms with E-state index in [0.717, 1.165) is 25.7 Å². The number of carbonyl (C=O) groups is 1. The number of rotatable bonds is 6. The van der Waals surface area contributed by atoms with Crippen LogP contribution in [0.3, 0.4) is 0 Å². The van der Waals surface area contributed by atoms with Crippen molar-refractivity contribution in [2.45, 2.75) is 63.6 Å². The highest BCUT2D eigenvalue weighted by Crippen LogP contribution is 2.28. The van der Waals surface area contributed by atoms with E-state index in [2.05, 4.69) is 22.8 Å². The second kappa shape index (κ2) is 10.3. The average molecular weight is 439 g/mol. The van der Waals surface area contributed by atoms with Crippen molar-refractivity contribution in [1.82, 2.24) is 10.6 Å². The largest absolute Gasteiger partial charge is 0.427 e. The molecule has 2 fully saturated rings. The Labute approximate surface area is 183 Å². The molecule has 158 valence electrons. The number of halogens is 2. The highest BCUT2D eigenvalue weighted by molar-refractivity contribution is 5.95. The molecule has 1 aromatic heterocycles. The molecule has 2 aromatic rings. The van der Waals surface area contributed by atoms with E-state index in [1.165, 1.54) is 12.0 Å². The maximum Gasteiger partial charge on any atom is 0.349 e. The summed E-state index contributed by atoms with van der Waals surface area (Å²) in [7, 11) is 0. The predicted octanol–water partition coefficient (Wildman–Crippen LogP) is 3.59. The summed E-state index contributed by atoms with van der Waals surface area (Å²) < 4.78 is 5.44. The van der Waals surface area contributed by atoms with Crippen LogP contribution in [0.5, 0.6) is 0 Å². The molecule has 7 heteroatoms. The third kappa shape index (κ3) is 5.41. The van der Waals surface area contributed by atoms with Crippen LogP contribution in [0.25, 0.3) is 0 Å². The van der Waals surface area contributed by atoms with Gasteiger partial charge in [-0.15, -0.1) is 24.8 Å². The Kier molecular flexibility index (Phi) is 8.32. The minimum absolute atomic E-state index is 0. The molecule has 2 aliphatic rings. The second-order valence-electron chi connectivity index (χ2n) is 7.76. The molecule has 29 heavy (non-hydrogen) atoms. The van der Waals surface area contributed by atoms with Gasteiger partial charge in [0.1, 0.15) is 11.3 Å². The van der Waals surface area contributed by atoms with E-state index >= 15 is 0 Å². The van der Waals surface area contributed by atoms with Gasteiger partial charge in [0.05, 0.1) is 0 Å². The Bertz CT molecular complexity index is 885. The number of fused-ring (bicyclic) bond motifs is 2. The summed E-state index contributed by atoms with van der Waals surface area (Å²) >= 11 is 0. The number of amides is 1. The lowest BCUT2D eigenvalue weighted by atomic mass is 9.95. The van der Waals surface area contributed by atoms with Crippen molar-refractivity contribution in [3.63, 3.8) is 0 Å². The maximum absolute atomic E-state index is 12.6. The molecule has 2 N–H and O–H groups in total. The van der Waals surface area contributed by atoms with E-state index in [9.17, 15) is 9.59 Å². The van der Waals surface area contributed by atoms with Gasteiger partial charge in [0.2, 0.25) is 0 Å². The third-order valence-corrected chi connectivity index (χ3v) is 5.77. The molecular weight excluding hydrogens is 411 g/mol. The molecule has 0 aliphatic carbocycles. The first-order chi connectivity index (χ1) is 13.1. The monoisotopic (exact) mass is 438 g/mol. The van der Waals surface area contributed by atoms with Crippen molar-refractivity contribution in [2.24, 2.45) is 0 Å². The van der Waals surface area contributed by atoms with E-state index in [1.807, 2.05) is 31.2 Å². The van der Waals surface area contributed by atoms with Crippen molar-refractivity contribution >= 4 is 30.7 Å². The molecule has 2 saturated heterocycles. The minimum Gasteiger partial charge on any atom is -0.427 e. The smallest absolute Gasteiger partial charge is 0.349 e. The Morgan fingerprint density at radius 2 is 1.93 bits per heavy atom. The minimum atomic E-state index is -0.529. The van der Waals surface area contributed by atoms with Crippen LogP contribution in [0.15, 0.2) is 45.6 Å². The van der Waals surface area contributed by atoms with Gasteiger partial charge in [-0.1, -0.05) is 30.3 Å². The number of hydrogen-bond donors (Lipinski definition) is 2. The van der Waals surface area contributed by atoms with Gasteiger partial charge in [0, 0.05) is 24.5 Å². The normalized spacial score (nSPS) is 21.9. The fourth-order valence-electron chi connectivity index (χ4n) is 4.40. The van der Waals surface area contributed by atoms with Crippen LogP contribution >= 0.6 is 24.8 Å². The van der Waals surface area contributed by atoms with Crippen LogP contribution in [-0.2, 0) is 12.8 Å². The summed E-state index contributed by atoms with van der Waals surface area (Å²) in [6, 6.07) is 13.0. The molecule has 0 spiro atoms. The molecule has 0 unspecified atom stereocenters. The number of aryl methyl sites for hydroxylation is 3. The van der Waals surface area contributed by atoms with Gasteiger partial charge >= 0.3 is 5.63 Å². The molecule has 1 aromatic carbocycles. The highest BCUT2D eigenvalue weighted by atomic mass is 35.5. The van der Waals surface area contributed by atoms with Crippen LogP contribution in [0, 0.1) is 6.92 Å². The van der Waals surface area contributed by atoms with Crippen molar-refractivity contribution in [3.8, 4) is 0 Å². The molecule has 1 amide bonds. The van der Waals surface area contributed by atoms with Crippen LogP contribution in [0.2, 0.25) is 0 Å².